The summed E-state index contributed by atoms with van der Waals surface area (Å²) in [7, 11) is 0. The Morgan fingerprint density at radius 2 is 2.27 bits per heavy atom. The molecule has 0 unspecified atom stereocenters. The van der Waals surface area contributed by atoms with E-state index in [1.807, 2.05) is 6.92 Å². The fraction of sp³-hybridized carbons (Fsp3) is 0.778. The Bertz CT molecular complexity index is 128. The van der Waals surface area contributed by atoms with Crippen LogP contribution in [0.5, 0.6) is 0 Å². The third-order valence-electron chi connectivity index (χ3n) is 2.18. The monoisotopic (exact) mass is 156 g/mol. The van der Waals surface area contributed by atoms with Crippen LogP contribution < -0.4 is 0 Å². The van der Waals surface area contributed by atoms with Crippen LogP contribution in [-0.4, -0.2) is 18.8 Å². The molecule has 64 valence electrons. The lowest BCUT2D eigenvalue weighted by Crippen LogP contribution is -2.44. The van der Waals surface area contributed by atoms with E-state index in [2.05, 4.69) is 6.58 Å². The van der Waals surface area contributed by atoms with Gasteiger partial charge in [0.1, 0.15) is 12.2 Å². The summed E-state index contributed by atoms with van der Waals surface area (Å²) in [5.74, 6) is 0. The number of rotatable bonds is 5. The van der Waals surface area contributed by atoms with Crippen molar-refractivity contribution in [1.29, 1.82) is 0 Å². The molecule has 0 amide bonds. The van der Waals surface area contributed by atoms with Crippen LogP contribution in [0.3, 0.4) is 0 Å². The highest BCUT2D eigenvalue weighted by atomic mass is 16.5. The molecule has 1 aliphatic carbocycles. The van der Waals surface area contributed by atoms with Crippen molar-refractivity contribution < 1.29 is 9.47 Å². The highest BCUT2D eigenvalue weighted by molar-refractivity contribution is 4.90. The molecular formula is C9H16O2. The molecule has 0 saturated heterocycles. The molecule has 0 radical (unpaired) electrons. The van der Waals surface area contributed by atoms with E-state index < -0.39 is 0 Å². The minimum atomic E-state index is 0.0307. The summed E-state index contributed by atoms with van der Waals surface area (Å²) in [6.45, 7) is 6.98. The van der Waals surface area contributed by atoms with Crippen molar-refractivity contribution in [2.75, 3.05) is 13.2 Å². The second-order valence-corrected chi connectivity index (χ2v) is 2.95. The summed E-state index contributed by atoms with van der Waals surface area (Å²) in [5, 5.41) is 0. The Balaban J connectivity index is 2.27. The van der Waals surface area contributed by atoms with Crippen LogP contribution in [0, 0.1) is 0 Å². The van der Waals surface area contributed by atoms with Crippen LogP contribution in [0.15, 0.2) is 12.8 Å². The molecule has 1 aliphatic rings. The Hall–Kier alpha value is -0.500. The van der Waals surface area contributed by atoms with Gasteiger partial charge in [-0.3, -0.25) is 0 Å². The minimum absolute atomic E-state index is 0.0307. The first-order valence-corrected chi connectivity index (χ1v) is 4.19. The maximum Gasteiger partial charge on any atom is 0.116 e. The summed E-state index contributed by atoms with van der Waals surface area (Å²) < 4.78 is 10.7. The molecule has 0 atom stereocenters. The molecule has 0 spiro atoms. The van der Waals surface area contributed by atoms with E-state index in [0.717, 1.165) is 19.4 Å². The van der Waals surface area contributed by atoms with Crippen molar-refractivity contribution in [2.45, 2.75) is 31.8 Å². The van der Waals surface area contributed by atoms with Crippen molar-refractivity contribution in [1.82, 2.24) is 0 Å². The minimum Gasteiger partial charge on any atom is -0.499 e. The summed E-state index contributed by atoms with van der Waals surface area (Å²) >= 11 is 0. The zero-order chi connectivity index (χ0) is 8.16. The average Bonchev–Trinajstić information content (AvgIpc) is 1.95. The Kier molecular flexibility index (Phi) is 2.94. The van der Waals surface area contributed by atoms with Crippen molar-refractivity contribution in [3.8, 4) is 0 Å². The highest BCUT2D eigenvalue weighted by Gasteiger charge is 2.38. The van der Waals surface area contributed by atoms with E-state index in [-0.39, 0.29) is 5.60 Å². The smallest absolute Gasteiger partial charge is 0.116 e. The largest absolute Gasteiger partial charge is 0.499 e. The topological polar surface area (TPSA) is 18.5 Å². The fourth-order valence-corrected chi connectivity index (χ4v) is 1.42. The summed E-state index contributed by atoms with van der Waals surface area (Å²) in [5.41, 5.74) is 0.0307. The van der Waals surface area contributed by atoms with Gasteiger partial charge in [0, 0.05) is 6.61 Å². The highest BCUT2D eigenvalue weighted by Crippen LogP contribution is 2.35. The van der Waals surface area contributed by atoms with Crippen molar-refractivity contribution in [3.63, 3.8) is 0 Å². The summed E-state index contributed by atoms with van der Waals surface area (Å²) in [6, 6.07) is 0. The van der Waals surface area contributed by atoms with E-state index in [1.54, 1.807) is 0 Å². The molecular weight excluding hydrogens is 140 g/mol. The standard InChI is InChI=1S/C9H16O2/c1-3-10-8-9(11-4-2)6-5-7-9/h3H,1,4-8H2,2H3. The molecule has 1 fully saturated rings. The van der Waals surface area contributed by atoms with Crippen LogP contribution in [0.25, 0.3) is 0 Å². The maximum atomic E-state index is 5.59. The van der Waals surface area contributed by atoms with E-state index in [1.165, 1.54) is 12.7 Å². The maximum absolute atomic E-state index is 5.59. The predicted octanol–water partition coefficient (Wildman–Crippen LogP) is 2.11. The van der Waals surface area contributed by atoms with Crippen LogP contribution in [-0.2, 0) is 9.47 Å². The Morgan fingerprint density at radius 3 is 2.64 bits per heavy atom. The molecule has 0 bridgehead atoms. The lowest BCUT2D eigenvalue weighted by Gasteiger charge is -2.40. The first-order chi connectivity index (χ1) is 5.33. The summed E-state index contributed by atoms with van der Waals surface area (Å²) in [6.07, 6.45) is 5.02. The molecule has 2 nitrogen and oxygen atoms in total. The SMILES string of the molecule is C=COCC1(OCC)CCC1. The molecule has 11 heavy (non-hydrogen) atoms. The zero-order valence-electron chi connectivity index (χ0n) is 7.14. The molecule has 1 saturated carbocycles. The third-order valence-corrected chi connectivity index (χ3v) is 2.18. The van der Waals surface area contributed by atoms with Crippen molar-refractivity contribution in [2.24, 2.45) is 0 Å². The van der Waals surface area contributed by atoms with Crippen LogP contribution in [0.4, 0.5) is 0 Å². The molecule has 1 rings (SSSR count). The first kappa shape index (κ1) is 8.60. The number of hydrogen-bond acceptors (Lipinski definition) is 2. The molecule has 0 heterocycles. The molecule has 0 aromatic carbocycles. The zero-order valence-corrected chi connectivity index (χ0v) is 7.14. The molecule has 2 heteroatoms. The van der Waals surface area contributed by atoms with Gasteiger partial charge in [-0.1, -0.05) is 6.58 Å². The van der Waals surface area contributed by atoms with Crippen LogP contribution >= 0.6 is 0 Å². The van der Waals surface area contributed by atoms with Gasteiger partial charge in [0.2, 0.25) is 0 Å². The van der Waals surface area contributed by atoms with E-state index >= 15 is 0 Å². The second kappa shape index (κ2) is 3.77. The average molecular weight is 156 g/mol. The van der Waals surface area contributed by atoms with Gasteiger partial charge >= 0.3 is 0 Å². The van der Waals surface area contributed by atoms with Gasteiger partial charge in [-0.25, -0.2) is 0 Å². The van der Waals surface area contributed by atoms with E-state index in [9.17, 15) is 0 Å². The van der Waals surface area contributed by atoms with Gasteiger partial charge in [-0.15, -0.1) is 0 Å². The lowest BCUT2D eigenvalue weighted by molar-refractivity contribution is -0.125. The third kappa shape index (κ3) is 1.96. The summed E-state index contributed by atoms with van der Waals surface area (Å²) in [4.78, 5) is 0. The van der Waals surface area contributed by atoms with Gasteiger partial charge in [0.15, 0.2) is 0 Å². The lowest BCUT2D eigenvalue weighted by atomic mass is 9.81. The molecule has 0 aromatic rings. The normalized spacial score (nSPS) is 20.5. The van der Waals surface area contributed by atoms with Crippen LogP contribution in [0.1, 0.15) is 26.2 Å². The van der Waals surface area contributed by atoms with E-state index in [4.69, 9.17) is 9.47 Å². The fourth-order valence-electron chi connectivity index (χ4n) is 1.42. The van der Waals surface area contributed by atoms with Gasteiger partial charge in [0.25, 0.3) is 0 Å². The van der Waals surface area contributed by atoms with Gasteiger partial charge in [0.05, 0.1) is 6.26 Å². The quantitative estimate of drug-likeness (QED) is 0.567. The molecule has 0 aromatic heterocycles. The van der Waals surface area contributed by atoms with Gasteiger partial charge < -0.3 is 9.47 Å². The number of hydrogen-bond donors (Lipinski definition) is 0. The van der Waals surface area contributed by atoms with Gasteiger partial charge in [-0.05, 0) is 26.2 Å². The molecule has 0 aliphatic heterocycles. The second-order valence-electron chi connectivity index (χ2n) is 2.95. The van der Waals surface area contributed by atoms with Crippen molar-refractivity contribution in [3.05, 3.63) is 12.8 Å². The Labute approximate surface area is 68.2 Å². The van der Waals surface area contributed by atoms with Crippen LogP contribution in [0.2, 0.25) is 0 Å². The van der Waals surface area contributed by atoms with E-state index in [0.29, 0.717) is 6.61 Å². The Morgan fingerprint density at radius 1 is 1.55 bits per heavy atom. The first-order valence-electron chi connectivity index (χ1n) is 4.19. The predicted molar refractivity (Wildman–Crippen MR) is 44.4 cm³/mol. The number of ether oxygens (including phenoxy) is 2. The molecule has 0 N–H and O–H groups in total. The van der Waals surface area contributed by atoms with Gasteiger partial charge in [-0.2, -0.15) is 0 Å². The van der Waals surface area contributed by atoms with Crippen molar-refractivity contribution >= 4 is 0 Å².